The highest BCUT2D eigenvalue weighted by Crippen LogP contribution is 2.28. The second-order valence-corrected chi connectivity index (χ2v) is 8.79. The molecule has 0 unspecified atom stereocenters. The van der Waals surface area contributed by atoms with Crippen molar-refractivity contribution in [1.82, 2.24) is 4.31 Å². The zero-order valence-electron chi connectivity index (χ0n) is 14.0. The number of nitrogens with one attached hydrogen (secondary N) is 1. The van der Waals surface area contributed by atoms with E-state index in [1.165, 1.54) is 12.1 Å². The first-order valence-corrected chi connectivity index (χ1v) is 10.2. The van der Waals surface area contributed by atoms with Crippen molar-refractivity contribution in [3.8, 4) is 0 Å². The Morgan fingerprint density at radius 1 is 1.12 bits per heavy atom. The van der Waals surface area contributed by atoms with Gasteiger partial charge in [-0.25, -0.2) is 12.7 Å². The predicted molar refractivity (Wildman–Crippen MR) is 101 cm³/mol. The summed E-state index contributed by atoms with van der Waals surface area (Å²) in [6.45, 7) is 1.84. The van der Waals surface area contributed by atoms with Crippen LogP contribution in [0.3, 0.4) is 0 Å². The van der Waals surface area contributed by atoms with E-state index < -0.39 is 27.9 Å². The van der Waals surface area contributed by atoms with Crippen LogP contribution in [0.4, 0.5) is 5.69 Å². The highest BCUT2D eigenvalue weighted by atomic mass is 79.9. The van der Waals surface area contributed by atoms with Gasteiger partial charge in [0.1, 0.15) is 6.04 Å². The van der Waals surface area contributed by atoms with E-state index in [-0.39, 0.29) is 17.7 Å². The Balaban J connectivity index is 1.87. The van der Waals surface area contributed by atoms with Crippen LogP contribution in [-0.4, -0.2) is 30.6 Å². The van der Waals surface area contributed by atoms with Crippen molar-refractivity contribution < 1.29 is 18.0 Å². The summed E-state index contributed by atoms with van der Waals surface area (Å²) in [6.07, 6.45) is 0.176. The quantitative estimate of drug-likeness (QED) is 0.797. The van der Waals surface area contributed by atoms with Crippen LogP contribution < -0.4 is 5.32 Å². The smallest absolute Gasteiger partial charge is 0.267 e. The third kappa shape index (κ3) is 3.66. The van der Waals surface area contributed by atoms with Gasteiger partial charge >= 0.3 is 0 Å². The number of hydrogen-bond acceptors (Lipinski definition) is 4. The third-order valence-electron chi connectivity index (χ3n) is 4.15. The fourth-order valence-electron chi connectivity index (χ4n) is 2.78. The number of benzene rings is 2. The van der Waals surface area contributed by atoms with Crippen LogP contribution in [0.5, 0.6) is 0 Å². The molecule has 2 amide bonds. The number of sulfonamides is 1. The molecule has 2 aromatic rings. The van der Waals surface area contributed by atoms with Crippen molar-refractivity contribution in [3.63, 3.8) is 0 Å². The molecule has 2 aromatic carbocycles. The van der Waals surface area contributed by atoms with Crippen molar-refractivity contribution in [3.05, 3.63) is 58.6 Å². The lowest BCUT2D eigenvalue weighted by atomic mass is 10.2. The van der Waals surface area contributed by atoms with E-state index in [1.807, 2.05) is 6.92 Å². The minimum Gasteiger partial charge on any atom is -0.324 e. The maximum absolute atomic E-state index is 12.9. The molecule has 8 heteroatoms. The molecule has 1 aliphatic heterocycles. The van der Waals surface area contributed by atoms with Gasteiger partial charge < -0.3 is 5.32 Å². The molecule has 1 heterocycles. The van der Waals surface area contributed by atoms with E-state index in [0.717, 1.165) is 10.0 Å². The number of halogens is 1. The summed E-state index contributed by atoms with van der Waals surface area (Å²) in [5, 5.41) is 2.68. The van der Waals surface area contributed by atoms with Crippen molar-refractivity contribution in [1.29, 1.82) is 0 Å². The first kappa shape index (κ1) is 18.6. The molecular weight excluding hydrogens is 420 g/mol. The molecule has 1 atom stereocenters. The van der Waals surface area contributed by atoms with Gasteiger partial charge in [-0.2, -0.15) is 0 Å². The maximum Gasteiger partial charge on any atom is 0.267 e. The van der Waals surface area contributed by atoms with Crippen molar-refractivity contribution in [2.75, 3.05) is 5.32 Å². The monoisotopic (exact) mass is 436 g/mol. The molecule has 1 fully saturated rings. The molecule has 0 radical (unpaired) electrons. The van der Waals surface area contributed by atoms with E-state index in [9.17, 15) is 18.0 Å². The standard InChI is InChI=1S/C18H17BrN2O4S/c1-12-2-8-15(9-3-12)26(24,25)21-16(10-11-17(21)22)18(23)20-14-6-4-13(19)5-7-14/h2-9,16H,10-11H2,1H3,(H,20,23)/t16-/m0/s1. The van der Waals surface area contributed by atoms with Crippen LogP contribution in [0.2, 0.25) is 0 Å². The van der Waals surface area contributed by atoms with E-state index in [1.54, 1.807) is 36.4 Å². The summed E-state index contributed by atoms with van der Waals surface area (Å²) in [5.74, 6) is -1.09. The van der Waals surface area contributed by atoms with Crippen LogP contribution >= 0.6 is 15.9 Å². The Hall–Kier alpha value is -2.19. The first-order chi connectivity index (χ1) is 12.3. The second kappa shape index (κ2) is 7.20. The van der Waals surface area contributed by atoms with E-state index in [4.69, 9.17) is 0 Å². The molecule has 1 aliphatic rings. The number of rotatable bonds is 4. The fraction of sp³-hybridized carbons (Fsp3) is 0.222. The molecule has 26 heavy (non-hydrogen) atoms. The second-order valence-electron chi connectivity index (χ2n) is 6.06. The number of carbonyl (C=O) groups excluding carboxylic acids is 2. The normalized spacial score (nSPS) is 17.4. The Morgan fingerprint density at radius 2 is 1.73 bits per heavy atom. The minimum absolute atomic E-state index is 0.000193. The minimum atomic E-state index is -4.08. The lowest BCUT2D eigenvalue weighted by Crippen LogP contribution is -2.45. The van der Waals surface area contributed by atoms with Gasteiger partial charge in [-0.1, -0.05) is 33.6 Å². The van der Waals surface area contributed by atoms with Crippen LogP contribution in [0.15, 0.2) is 57.9 Å². The summed E-state index contributed by atoms with van der Waals surface area (Å²) in [6, 6.07) is 12.0. The molecule has 3 rings (SSSR count). The molecule has 136 valence electrons. The lowest BCUT2D eigenvalue weighted by molar-refractivity contribution is -0.128. The van der Waals surface area contributed by atoms with Gasteiger partial charge in [0.15, 0.2) is 0 Å². The molecule has 0 aliphatic carbocycles. The Kier molecular flexibility index (Phi) is 5.15. The first-order valence-electron chi connectivity index (χ1n) is 7.99. The van der Waals surface area contributed by atoms with Gasteiger partial charge in [0.05, 0.1) is 4.90 Å². The highest BCUT2D eigenvalue weighted by Gasteiger charge is 2.44. The molecule has 0 spiro atoms. The summed E-state index contributed by atoms with van der Waals surface area (Å²) in [4.78, 5) is 24.8. The number of amides is 2. The van der Waals surface area contributed by atoms with E-state index in [2.05, 4.69) is 21.2 Å². The van der Waals surface area contributed by atoms with Gasteiger partial charge in [-0.05, 0) is 49.7 Å². The van der Waals surface area contributed by atoms with E-state index in [0.29, 0.717) is 9.99 Å². The number of anilines is 1. The Labute approximate surface area is 160 Å². The highest BCUT2D eigenvalue weighted by molar-refractivity contribution is 9.10. The fourth-order valence-corrected chi connectivity index (χ4v) is 4.65. The van der Waals surface area contributed by atoms with Gasteiger partial charge in [0.25, 0.3) is 10.0 Å². The molecule has 6 nitrogen and oxygen atoms in total. The topological polar surface area (TPSA) is 83.6 Å². The van der Waals surface area contributed by atoms with Gasteiger partial charge in [-0.3, -0.25) is 9.59 Å². The zero-order chi connectivity index (χ0) is 18.9. The summed E-state index contributed by atoms with van der Waals surface area (Å²) >= 11 is 3.31. The number of hydrogen-bond donors (Lipinski definition) is 1. The summed E-state index contributed by atoms with van der Waals surface area (Å²) in [7, 11) is -4.08. The number of nitrogens with zero attached hydrogens (tertiary/aromatic N) is 1. The molecule has 0 aromatic heterocycles. The summed E-state index contributed by atoms with van der Waals surface area (Å²) < 4.78 is 27.3. The lowest BCUT2D eigenvalue weighted by Gasteiger charge is -2.23. The van der Waals surface area contributed by atoms with Crippen LogP contribution in [-0.2, 0) is 19.6 Å². The summed E-state index contributed by atoms with van der Waals surface area (Å²) in [5.41, 5.74) is 1.44. The molecule has 0 saturated carbocycles. The van der Waals surface area contributed by atoms with Crippen LogP contribution in [0.25, 0.3) is 0 Å². The maximum atomic E-state index is 12.9. The van der Waals surface area contributed by atoms with Crippen molar-refractivity contribution in [2.24, 2.45) is 0 Å². The van der Waals surface area contributed by atoms with E-state index >= 15 is 0 Å². The van der Waals surface area contributed by atoms with Gasteiger partial charge in [-0.15, -0.1) is 0 Å². The van der Waals surface area contributed by atoms with Crippen molar-refractivity contribution >= 4 is 43.5 Å². The number of aryl methyl sites for hydroxylation is 1. The van der Waals surface area contributed by atoms with Crippen LogP contribution in [0.1, 0.15) is 18.4 Å². The van der Waals surface area contributed by atoms with Crippen molar-refractivity contribution in [2.45, 2.75) is 30.7 Å². The average molecular weight is 437 g/mol. The zero-order valence-corrected chi connectivity index (χ0v) is 16.4. The predicted octanol–water partition coefficient (Wildman–Crippen LogP) is 3.08. The average Bonchev–Trinajstić information content (AvgIpc) is 3.00. The molecule has 1 saturated heterocycles. The Morgan fingerprint density at radius 3 is 2.35 bits per heavy atom. The Bertz CT molecular complexity index is 940. The third-order valence-corrected chi connectivity index (χ3v) is 6.53. The molecular formula is C18H17BrN2O4S. The largest absolute Gasteiger partial charge is 0.324 e. The van der Waals surface area contributed by atoms with Gasteiger partial charge in [0, 0.05) is 16.6 Å². The molecule has 1 N–H and O–H groups in total. The van der Waals surface area contributed by atoms with Gasteiger partial charge in [0.2, 0.25) is 11.8 Å². The SMILES string of the molecule is Cc1ccc(S(=O)(=O)N2C(=O)CC[C@H]2C(=O)Nc2ccc(Br)cc2)cc1. The number of carbonyl (C=O) groups is 2. The molecule has 0 bridgehead atoms. The van der Waals surface area contributed by atoms with Crippen LogP contribution in [0, 0.1) is 6.92 Å².